The van der Waals surface area contributed by atoms with Crippen molar-refractivity contribution >= 4 is 17.5 Å². The summed E-state index contributed by atoms with van der Waals surface area (Å²) in [7, 11) is 1.42. The van der Waals surface area contributed by atoms with Gasteiger partial charge in [-0.3, -0.25) is 14.9 Å². The predicted octanol–water partition coefficient (Wildman–Crippen LogP) is 1.91. The van der Waals surface area contributed by atoms with Crippen LogP contribution in [0.2, 0.25) is 0 Å². The van der Waals surface area contributed by atoms with Crippen LogP contribution < -0.4 is 10.1 Å². The van der Waals surface area contributed by atoms with Crippen LogP contribution in [-0.2, 0) is 4.79 Å². The van der Waals surface area contributed by atoms with Gasteiger partial charge in [-0.2, -0.15) is 4.98 Å². The van der Waals surface area contributed by atoms with Crippen LogP contribution in [0, 0.1) is 16.0 Å². The number of methoxy groups -OCH3 is 1. The molecule has 0 bridgehead atoms. The Hall–Kier alpha value is -2.38. The minimum atomic E-state index is -0.859. The fraction of sp³-hybridized carbons (Fsp3) is 0.500. The van der Waals surface area contributed by atoms with Gasteiger partial charge in [-0.25, -0.2) is 0 Å². The molecule has 1 aromatic rings. The van der Waals surface area contributed by atoms with Crippen LogP contribution in [0.15, 0.2) is 12.1 Å². The van der Waals surface area contributed by atoms with Gasteiger partial charge in [0, 0.05) is 25.1 Å². The Morgan fingerprint density at radius 3 is 2.85 bits per heavy atom. The Bertz CT molecular complexity index is 492. The van der Waals surface area contributed by atoms with Crippen LogP contribution >= 0.6 is 0 Å². The first-order valence-electron chi connectivity index (χ1n) is 6.09. The molecule has 0 spiro atoms. The van der Waals surface area contributed by atoms with Gasteiger partial charge >= 0.3 is 11.7 Å². The molecular formula is C12H17N3O5. The number of nitrogens with one attached hydrogen (secondary N) is 1. The van der Waals surface area contributed by atoms with Crippen molar-refractivity contribution in [2.45, 2.75) is 19.8 Å². The molecule has 0 saturated heterocycles. The molecule has 0 amide bonds. The van der Waals surface area contributed by atoms with E-state index in [1.54, 1.807) is 0 Å². The summed E-state index contributed by atoms with van der Waals surface area (Å²) in [5.41, 5.74) is -0.142. The van der Waals surface area contributed by atoms with Crippen LogP contribution in [-0.4, -0.2) is 34.6 Å². The average molecular weight is 283 g/mol. The van der Waals surface area contributed by atoms with E-state index in [1.165, 1.54) is 19.2 Å². The predicted molar refractivity (Wildman–Crippen MR) is 72.0 cm³/mol. The fourth-order valence-electron chi connectivity index (χ4n) is 1.57. The van der Waals surface area contributed by atoms with E-state index in [4.69, 9.17) is 9.84 Å². The molecule has 0 aliphatic heterocycles. The van der Waals surface area contributed by atoms with Crippen molar-refractivity contribution in [3.05, 3.63) is 22.2 Å². The lowest BCUT2D eigenvalue weighted by Crippen LogP contribution is -2.14. The maximum Gasteiger partial charge on any atom is 0.311 e. The third-order valence-electron chi connectivity index (χ3n) is 2.72. The molecular weight excluding hydrogens is 266 g/mol. The highest BCUT2D eigenvalue weighted by atomic mass is 16.6. The molecule has 0 radical (unpaired) electrons. The molecule has 0 fully saturated rings. The van der Waals surface area contributed by atoms with Gasteiger partial charge in [-0.1, -0.05) is 6.92 Å². The van der Waals surface area contributed by atoms with E-state index in [1.807, 2.05) is 6.92 Å². The quantitative estimate of drug-likeness (QED) is 0.553. The Morgan fingerprint density at radius 2 is 2.30 bits per heavy atom. The molecule has 1 heterocycles. The maximum absolute atomic E-state index is 10.9. The largest absolute Gasteiger partial charge is 0.481 e. The zero-order valence-electron chi connectivity index (χ0n) is 11.3. The number of carboxylic acid groups (broad SMARTS) is 1. The molecule has 1 rings (SSSR count). The van der Waals surface area contributed by atoms with E-state index in [-0.39, 0.29) is 29.7 Å². The fourth-order valence-corrected chi connectivity index (χ4v) is 1.57. The van der Waals surface area contributed by atoms with Crippen molar-refractivity contribution in [1.29, 1.82) is 0 Å². The summed E-state index contributed by atoms with van der Waals surface area (Å²) >= 11 is 0. The zero-order valence-corrected chi connectivity index (χ0v) is 11.3. The number of ether oxygens (including phenoxy) is 1. The number of carbonyl (C=O) groups is 1. The molecule has 0 aromatic carbocycles. The van der Waals surface area contributed by atoms with Crippen LogP contribution in [0.3, 0.4) is 0 Å². The normalized spacial score (nSPS) is 11.7. The van der Waals surface area contributed by atoms with E-state index < -0.39 is 10.9 Å². The standard InChI is InChI=1S/C12H17N3O5/c1-8(3-6-11(16)17)7-13-12-9(15(18)19)4-5-10(14-12)20-2/h4-5,8H,3,6-7H2,1-2H3,(H,13,14)(H,16,17). The Morgan fingerprint density at radius 1 is 1.60 bits per heavy atom. The number of aromatic nitrogens is 1. The molecule has 20 heavy (non-hydrogen) atoms. The van der Waals surface area contributed by atoms with Gasteiger partial charge < -0.3 is 15.2 Å². The van der Waals surface area contributed by atoms with Crippen LogP contribution in [0.5, 0.6) is 5.88 Å². The number of nitro groups is 1. The zero-order chi connectivity index (χ0) is 15.1. The first-order chi connectivity index (χ1) is 9.43. The van der Waals surface area contributed by atoms with E-state index >= 15 is 0 Å². The van der Waals surface area contributed by atoms with Crippen molar-refractivity contribution in [3.63, 3.8) is 0 Å². The number of aliphatic carboxylic acids is 1. The van der Waals surface area contributed by atoms with Gasteiger partial charge in [0.2, 0.25) is 11.7 Å². The molecule has 8 nitrogen and oxygen atoms in total. The SMILES string of the molecule is COc1ccc([N+](=O)[O-])c(NCC(C)CCC(=O)O)n1. The highest BCUT2D eigenvalue weighted by Crippen LogP contribution is 2.25. The van der Waals surface area contributed by atoms with Gasteiger partial charge in [0.05, 0.1) is 12.0 Å². The van der Waals surface area contributed by atoms with Crippen molar-refractivity contribution in [2.24, 2.45) is 5.92 Å². The Kier molecular flexibility index (Phi) is 5.70. The first kappa shape index (κ1) is 15.7. The molecule has 110 valence electrons. The molecule has 1 unspecified atom stereocenters. The van der Waals surface area contributed by atoms with Crippen LogP contribution in [0.1, 0.15) is 19.8 Å². The minimum absolute atomic E-state index is 0.0544. The molecule has 1 aromatic heterocycles. The number of rotatable bonds is 8. The third-order valence-corrected chi connectivity index (χ3v) is 2.72. The summed E-state index contributed by atoms with van der Waals surface area (Å²) in [6.45, 7) is 2.26. The molecule has 1 atom stereocenters. The highest BCUT2D eigenvalue weighted by Gasteiger charge is 2.17. The van der Waals surface area contributed by atoms with Gasteiger partial charge in [-0.15, -0.1) is 0 Å². The molecule has 0 aliphatic rings. The Labute approximate surface area is 115 Å². The lowest BCUT2D eigenvalue weighted by molar-refractivity contribution is -0.384. The average Bonchev–Trinajstić information content (AvgIpc) is 2.42. The second-order valence-electron chi connectivity index (χ2n) is 4.40. The molecule has 8 heteroatoms. The van der Waals surface area contributed by atoms with Crippen molar-refractivity contribution < 1.29 is 19.6 Å². The minimum Gasteiger partial charge on any atom is -0.481 e. The monoisotopic (exact) mass is 283 g/mol. The maximum atomic E-state index is 10.9. The Balaban J connectivity index is 2.70. The smallest absolute Gasteiger partial charge is 0.311 e. The van der Waals surface area contributed by atoms with E-state index in [0.29, 0.717) is 13.0 Å². The number of hydrogen-bond acceptors (Lipinski definition) is 6. The second kappa shape index (κ2) is 7.27. The van der Waals surface area contributed by atoms with E-state index in [9.17, 15) is 14.9 Å². The van der Waals surface area contributed by atoms with Crippen LogP contribution in [0.4, 0.5) is 11.5 Å². The molecule has 2 N–H and O–H groups in total. The van der Waals surface area contributed by atoms with Crippen LogP contribution in [0.25, 0.3) is 0 Å². The third kappa shape index (κ3) is 4.71. The number of anilines is 1. The van der Waals surface area contributed by atoms with Gasteiger partial charge in [0.15, 0.2) is 0 Å². The van der Waals surface area contributed by atoms with E-state index in [2.05, 4.69) is 10.3 Å². The van der Waals surface area contributed by atoms with Gasteiger partial charge in [0.25, 0.3) is 0 Å². The van der Waals surface area contributed by atoms with Crippen molar-refractivity contribution in [2.75, 3.05) is 19.0 Å². The summed E-state index contributed by atoms with van der Waals surface area (Å²) in [5.74, 6) is -0.408. The lowest BCUT2D eigenvalue weighted by atomic mass is 10.1. The topological polar surface area (TPSA) is 115 Å². The van der Waals surface area contributed by atoms with Crippen molar-refractivity contribution in [3.8, 4) is 5.88 Å². The van der Waals surface area contributed by atoms with E-state index in [0.717, 1.165) is 0 Å². The number of hydrogen-bond donors (Lipinski definition) is 2. The number of pyridine rings is 1. The first-order valence-corrected chi connectivity index (χ1v) is 6.09. The molecule has 0 saturated carbocycles. The molecule has 0 aliphatic carbocycles. The highest BCUT2D eigenvalue weighted by molar-refractivity contribution is 5.66. The summed E-state index contributed by atoms with van der Waals surface area (Å²) in [6.07, 6.45) is 0.552. The number of carboxylic acids is 1. The summed E-state index contributed by atoms with van der Waals surface area (Å²) < 4.78 is 4.92. The van der Waals surface area contributed by atoms with Gasteiger partial charge in [-0.05, 0) is 12.3 Å². The van der Waals surface area contributed by atoms with Gasteiger partial charge in [0.1, 0.15) is 0 Å². The van der Waals surface area contributed by atoms with Crippen molar-refractivity contribution in [1.82, 2.24) is 4.98 Å². The number of nitrogens with zero attached hydrogens (tertiary/aromatic N) is 2. The second-order valence-corrected chi connectivity index (χ2v) is 4.40. The summed E-state index contributed by atoms with van der Waals surface area (Å²) in [4.78, 5) is 24.8. The summed E-state index contributed by atoms with van der Waals surface area (Å²) in [5, 5.41) is 22.3. The lowest BCUT2D eigenvalue weighted by Gasteiger charge is -2.12. The summed E-state index contributed by atoms with van der Waals surface area (Å²) in [6, 6.07) is 2.73.